The lowest BCUT2D eigenvalue weighted by Crippen LogP contribution is -2.39. The standard InChI is InChI=1S/C33H29F3N4O4/c1-19-14-24(30(41)42)10-11-26(19)21-6-3-7-22(15-21)27-17-37-31(39-12-5-13-39)38-28(27)18-40-20(2)29(44-32(40)43)23-8-4-9-25(16-23)33(34,35)36/h3-4,6-11,14-17,20,29H,5,12-13,18H2,1-2H3,(H,41,42). The highest BCUT2D eigenvalue weighted by atomic mass is 19.4. The lowest BCUT2D eigenvalue weighted by atomic mass is 9.95. The fourth-order valence-electron chi connectivity index (χ4n) is 5.62. The molecule has 3 heterocycles. The number of aromatic carboxylic acids is 1. The van der Waals surface area contributed by atoms with E-state index >= 15 is 0 Å². The van der Waals surface area contributed by atoms with E-state index in [1.807, 2.05) is 36.1 Å². The molecule has 3 aromatic carbocycles. The van der Waals surface area contributed by atoms with E-state index < -0.39 is 35.9 Å². The number of aryl methyl sites for hydroxylation is 1. The second-order valence-corrected chi connectivity index (χ2v) is 11.1. The van der Waals surface area contributed by atoms with Gasteiger partial charge in [-0.15, -0.1) is 0 Å². The number of amides is 1. The van der Waals surface area contributed by atoms with Crippen molar-refractivity contribution in [2.75, 3.05) is 18.0 Å². The van der Waals surface area contributed by atoms with Gasteiger partial charge >= 0.3 is 18.2 Å². The van der Waals surface area contributed by atoms with Gasteiger partial charge < -0.3 is 14.7 Å². The first-order chi connectivity index (χ1) is 21.0. The molecule has 2 saturated heterocycles. The van der Waals surface area contributed by atoms with Crippen molar-refractivity contribution in [1.82, 2.24) is 14.9 Å². The van der Waals surface area contributed by atoms with Crippen LogP contribution in [0.5, 0.6) is 0 Å². The second-order valence-electron chi connectivity index (χ2n) is 11.1. The van der Waals surface area contributed by atoms with Crippen LogP contribution in [0.4, 0.5) is 23.9 Å². The Morgan fingerprint density at radius 3 is 2.41 bits per heavy atom. The van der Waals surface area contributed by atoms with Crippen LogP contribution in [0.25, 0.3) is 22.3 Å². The van der Waals surface area contributed by atoms with Crippen molar-refractivity contribution in [3.05, 3.63) is 101 Å². The molecule has 44 heavy (non-hydrogen) atoms. The maximum absolute atomic E-state index is 13.4. The van der Waals surface area contributed by atoms with Crippen molar-refractivity contribution >= 4 is 18.0 Å². The summed E-state index contributed by atoms with van der Waals surface area (Å²) in [5, 5.41) is 9.36. The molecule has 0 saturated carbocycles. The van der Waals surface area contributed by atoms with Crippen molar-refractivity contribution in [2.24, 2.45) is 0 Å². The first-order valence-electron chi connectivity index (χ1n) is 14.2. The van der Waals surface area contributed by atoms with Crippen molar-refractivity contribution in [2.45, 2.75) is 45.1 Å². The van der Waals surface area contributed by atoms with Gasteiger partial charge in [-0.1, -0.05) is 36.4 Å². The van der Waals surface area contributed by atoms with Crippen molar-refractivity contribution in [3.63, 3.8) is 0 Å². The van der Waals surface area contributed by atoms with Crippen LogP contribution < -0.4 is 4.90 Å². The quantitative estimate of drug-likeness (QED) is 0.241. The number of ether oxygens (including phenoxy) is 1. The van der Waals surface area contributed by atoms with E-state index in [1.165, 1.54) is 17.0 Å². The molecular formula is C33H29F3N4O4. The highest BCUT2D eigenvalue weighted by molar-refractivity contribution is 5.89. The molecule has 2 aliphatic heterocycles. The summed E-state index contributed by atoms with van der Waals surface area (Å²) in [7, 11) is 0. The number of carbonyl (C=O) groups excluding carboxylic acids is 1. The number of hydrogen-bond acceptors (Lipinski definition) is 6. The van der Waals surface area contributed by atoms with Crippen LogP contribution in [0.15, 0.2) is 72.9 Å². The molecule has 0 bridgehead atoms. The Morgan fingerprint density at radius 1 is 1.02 bits per heavy atom. The van der Waals surface area contributed by atoms with Crippen LogP contribution in [-0.2, 0) is 17.5 Å². The van der Waals surface area contributed by atoms with E-state index in [0.29, 0.717) is 17.2 Å². The van der Waals surface area contributed by atoms with Gasteiger partial charge in [-0.25, -0.2) is 19.6 Å². The zero-order valence-corrected chi connectivity index (χ0v) is 24.0. The largest absolute Gasteiger partial charge is 0.478 e. The Labute approximate surface area is 251 Å². The Morgan fingerprint density at radius 2 is 1.75 bits per heavy atom. The first kappa shape index (κ1) is 29.2. The third kappa shape index (κ3) is 5.57. The fraction of sp³-hybridized carbons (Fsp3) is 0.273. The molecule has 2 fully saturated rings. The third-order valence-electron chi connectivity index (χ3n) is 8.21. The summed E-state index contributed by atoms with van der Waals surface area (Å²) >= 11 is 0. The number of benzene rings is 3. The minimum Gasteiger partial charge on any atom is -0.478 e. The van der Waals surface area contributed by atoms with Gasteiger partial charge in [0.1, 0.15) is 6.10 Å². The number of carboxylic acid groups (broad SMARTS) is 1. The topological polar surface area (TPSA) is 95.9 Å². The first-order valence-corrected chi connectivity index (χ1v) is 14.2. The molecule has 0 aliphatic carbocycles. The van der Waals surface area contributed by atoms with Crippen LogP contribution in [0.1, 0.15) is 52.2 Å². The predicted octanol–water partition coefficient (Wildman–Crippen LogP) is 7.13. The zero-order valence-electron chi connectivity index (χ0n) is 24.0. The van der Waals surface area contributed by atoms with Gasteiger partial charge in [0.15, 0.2) is 0 Å². The van der Waals surface area contributed by atoms with Gasteiger partial charge in [0.05, 0.1) is 29.4 Å². The van der Waals surface area contributed by atoms with Gasteiger partial charge in [0.25, 0.3) is 0 Å². The molecule has 1 aromatic heterocycles. The third-order valence-corrected chi connectivity index (χ3v) is 8.21. The van der Waals surface area contributed by atoms with Crippen LogP contribution in [0.2, 0.25) is 0 Å². The SMILES string of the molecule is Cc1cc(C(=O)O)ccc1-c1cccc(-c2cnc(N3CCC3)nc2CN2C(=O)OC(c3cccc(C(F)(F)F)c3)C2C)c1. The number of alkyl halides is 3. The van der Waals surface area contributed by atoms with Crippen molar-refractivity contribution < 1.29 is 32.6 Å². The van der Waals surface area contributed by atoms with E-state index in [9.17, 15) is 27.9 Å². The number of hydrogen-bond donors (Lipinski definition) is 1. The van der Waals surface area contributed by atoms with Gasteiger partial charge in [-0.2, -0.15) is 13.2 Å². The summed E-state index contributed by atoms with van der Waals surface area (Å²) in [6.07, 6.45) is -3.29. The van der Waals surface area contributed by atoms with E-state index in [2.05, 4.69) is 4.98 Å². The number of cyclic esters (lactones) is 1. The smallest absolute Gasteiger partial charge is 0.416 e. The highest BCUT2D eigenvalue weighted by Crippen LogP contribution is 2.38. The van der Waals surface area contributed by atoms with Gasteiger partial charge in [-0.3, -0.25) is 4.90 Å². The van der Waals surface area contributed by atoms with E-state index in [-0.39, 0.29) is 17.7 Å². The Kier molecular flexibility index (Phi) is 7.48. The monoisotopic (exact) mass is 602 g/mol. The average Bonchev–Trinajstić information content (AvgIpc) is 3.24. The van der Waals surface area contributed by atoms with Gasteiger partial charge in [0, 0.05) is 24.8 Å². The molecular weight excluding hydrogens is 573 g/mol. The minimum absolute atomic E-state index is 0.0602. The maximum atomic E-state index is 13.4. The number of halogens is 3. The molecule has 226 valence electrons. The van der Waals surface area contributed by atoms with Crippen molar-refractivity contribution in [3.8, 4) is 22.3 Å². The molecule has 1 amide bonds. The molecule has 11 heteroatoms. The molecule has 8 nitrogen and oxygen atoms in total. The molecule has 1 N–H and O–H groups in total. The summed E-state index contributed by atoms with van der Waals surface area (Å²) in [6, 6.07) is 16.9. The van der Waals surface area contributed by atoms with E-state index in [1.54, 1.807) is 31.3 Å². The normalized spacial score (nSPS) is 18.2. The second kappa shape index (κ2) is 11.3. The lowest BCUT2D eigenvalue weighted by molar-refractivity contribution is -0.137. The molecule has 2 atom stereocenters. The Balaban J connectivity index is 1.34. The molecule has 6 rings (SSSR count). The lowest BCUT2D eigenvalue weighted by Gasteiger charge is -2.31. The summed E-state index contributed by atoms with van der Waals surface area (Å²) in [4.78, 5) is 37.5. The number of anilines is 1. The molecule has 2 unspecified atom stereocenters. The van der Waals surface area contributed by atoms with Crippen LogP contribution in [0, 0.1) is 6.92 Å². The van der Waals surface area contributed by atoms with Crippen LogP contribution in [-0.4, -0.2) is 51.2 Å². The van der Waals surface area contributed by atoms with Gasteiger partial charge in [0.2, 0.25) is 5.95 Å². The molecule has 4 aromatic rings. The zero-order chi connectivity index (χ0) is 31.2. The van der Waals surface area contributed by atoms with Crippen LogP contribution in [0.3, 0.4) is 0 Å². The number of nitrogens with zero attached hydrogens (tertiary/aromatic N) is 4. The van der Waals surface area contributed by atoms with Gasteiger partial charge in [-0.05, 0) is 78.4 Å². The number of rotatable bonds is 7. The predicted molar refractivity (Wildman–Crippen MR) is 157 cm³/mol. The number of aromatic nitrogens is 2. The van der Waals surface area contributed by atoms with E-state index in [0.717, 1.165) is 53.9 Å². The average molecular weight is 603 g/mol. The fourth-order valence-corrected chi connectivity index (χ4v) is 5.62. The summed E-state index contributed by atoms with van der Waals surface area (Å²) in [6.45, 7) is 5.30. The van der Waals surface area contributed by atoms with Crippen LogP contribution >= 0.6 is 0 Å². The molecule has 0 radical (unpaired) electrons. The minimum atomic E-state index is -4.52. The Hall–Kier alpha value is -4.93. The summed E-state index contributed by atoms with van der Waals surface area (Å²) < 4.78 is 45.8. The number of carboxylic acids is 1. The maximum Gasteiger partial charge on any atom is 0.416 e. The molecule has 2 aliphatic rings. The van der Waals surface area contributed by atoms with E-state index in [4.69, 9.17) is 9.72 Å². The van der Waals surface area contributed by atoms with Crippen molar-refractivity contribution in [1.29, 1.82) is 0 Å². The molecule has 0 spiro atoms. The number of carbonyl (C=O) groups is 2. The summed E-state index contributed by atoms with van der Waals surface area (Å²) in [5.41, 5.74) is 4.28. The Bertz CT molecular complexity index is 1760. The highest BCUT2D eigenvalue weighted by Gasteiger charge is 2.41. The summed E-state index contributed by atoms with van der Waals surface area (Å²) in [5.74, 6) is -0.455.